The number of H-pyrrole nitrogens is 1. The molecule has 2 saturated heterocycles. The third kappa shape index (κ3) is 2.82. The molecule has 4 rings (SSSR count). The number of piperidine rings is 1. The van der Waals surface area contributed by atoms with Crippen molar-refractivity contribution in [1.82, 2.24) is 19.8 Å². The van der Waals surface area contributed by atoms with Crippen molar-refractivity contribution in [3.05, 3.63) is 29.6 Å². The van der Waals surface area contributed by atoms with Gasteiger partial charge in [-0.25, -0.2) is 4.98 Å². The van der Waals surface area contributed by atoms with Crippen molar-refractivity contribution in [1.29, 1.82) is 0 Å². The Labute approximate surface area is 146 Å². The van der Waals surface area contributed by atoms with Gasteiger partial charge in [-0.15, -0.1) is 11.8 Å². The van der Waals surface area contributed by atoms with Gasteiger partial charge in [0.1, 0.15) is 5.82 Å². The summed E-state index contributed by atoms with van der Waals surface area (Å²) < 4.78 is 0. The number of carbonyl (C=O) groups excluding carboxylic acids is 1. The standard InChI is InChI=1S/C18H24N4OS/c1-12-4-3-5-14-16(12)20-17(19-14)13-6-8-22(9-7-13)18(23)15-10-24-11-21(15)2/h3-5,13,15H,6-11H2,1-2H3,(H,19,20)/t15-/m0/s1. The van der Waals surface area contributed by atoms with Crippen LogP contribution in [0.1, 0.15) is 30.1 Å². The molecule has 2 aromatic rings. The van der Waals surface area contributed by atoms with Gasteiger partial charge >= 0.3 is 0 Å². The number of fused-ring (bicyclic) bond motifs is 1. The molecule has 2 aliphatic heterocycles. The summed E-state index contributed by atoms with van der Waals surface area (Å²) in [5.41, 5.74) is 3.41. The van der Waals surface area contributed by atoms with Crippen molar-refractivity contribution in [3.8, 4) is 0 Å². The summed E-state index contributed by atoms with van der Waals surface area (Å²) in [5, 5.41) is 0. The van der Waals surface area contributed by atoms with E-state index in [0.717, 1.165) is 54.4 Å². The van der Waals surface area contributed by atoms with Crippen LogP contribution < -0.4 is 0 Å². The molecule has 0 aliphatic carbocycles. The van der Waals surface area contributed by atoms with Crippen molar-refractivity contribution >= 4 is 28.7 Å². The van der Waals surface area contributed by atoms with Crippen molar-refractivity contribution < 1.29 is 4.79 Å². The Morgan fingerprint density at radius 3 is 2.79 bits per heavy atom. The van der Waals surface area contributed by atoms with Gasteiger partial charge in [-0.05, 0) is 38.4 Å². The second-order valence-electron chi connectivity index (χ2n) is 6.97. The molecule has 2 fully saturated rings. The number of aryl methyl sites for hydroxylation is 1. The molecular weight excluding hydrogens is 320 g/mol. The summed E-state index contributed by atoms with van der Waals surface area (Å²) in [7, 11) is 2.05. The van der Waals surface area contributed by atoms with E-state index in [1.54, 1.807) is 0 Å². The molecule has 24 heavy (non-hydrogen) atoms. The molecule has 2 aliphatic rings. The topological polar surface area (TPSA) is 52.2 Å². The number of likely N-dealkylation sites (N-methyl/N-ethyl adjacent to an activating group) is 1. The van der Waals surface area contributed by atoms with E-state index in [1.165, 1.54) is 5.56 Å². The highest BCUT2D eigenvalue weighted by atomic mass is 32.2. The van der Waals surface area contributed by atoms with E-state index >= 15 is 0 Å². The fourth-order valence-corrected chi connectivity index (χ4v) is 4.95. The molecule has 3 heterocycles. The SMILES string of the molecule is Cc1cccc2[nH]c(C3CCN(C(=O)[C@@H]4CSCN4C)CC3)nc12. The molecule has 1 N–H and O–H groups in total. The lowest BCUT2D eigenvalue weighted by molar-refractivity contribution is -0.136. The number of likely N-dealkylation sites (tertiary alicyclic amines) is 1. The molecule has 0 unspecified atom stereocenters. The summed E-state index contributed by atoms with van der Waals surface area (Å²) in [6.07, 6.45) is 1.99. The lowest BCUT2D eigenvalue weighted by Crippen LogP contribution is -2.48. The molecule has 0 bridgehead atoms. The predicted molar refractivity (Wildman–Crippen MR) is 98.3 cm³/mol. The molecule has 5 nitrogen and oxygen atoms in total. The Hall–Kier alpha value is -1.53. The lowest BCUT2D eigenvalue weighted by Gasteiger charge is -2.34. The van der Waals surface area contributed by atoms with E-state index in [-0.39, 0.29) is 6.04 Å². The Bertz CT molecular complexity index is 751. The number of hydrogen-bond donors (Lipinski definition) is 1. The van der Waals surface area contributed by atoms with Gasteiger partial charge in [0.2, 0.25) is 5.91 Å². The first-order chi connectivity index (χ1) is 11.6. The van der Waals surface area contributed by atoms with E-state index in [4.69, 9.17) is 4.98 Å². The van der Waals surface area contributed by atoms with Crippen LogP contribution in [0.5, 0.6) is 0 Å². The molecule has 0 spiro atoms. The summed E-state index contributed by atoms with van der Waals surface area (Å²) in [5.74, 6) is 3.71. The smallest absolute Gasteiger partial charge is 0.240 e. The fourth-order valence-electron chi connectivity index (χ4n) is 3.76. The first-order valence-electron chi connectivity index (χ1n) is 8.65. The number of nitrogens with zero attached hydrogens (tertiary/aromatic N) is 3. The molecular formula is C18H24N4OS. The number of amides is 1. The number of aromatic amines is 1. The minimum absolute atomic E-state index is 0.0698. The van der Waals surface area contributed by atoms with Crippen LogP contribution in [0.2, 0.25) is 0 Å². The van der Waals surface area contributed by atoms with Gasteiger partial charge in [0.15, 0.2) is 0 Å². The Kier molecular flexibility index (Phi) is 4.26. The normalized spacial score (nSPS) is 23.2. The summed E-state index contributed by atoms with van der Waals surface area (Å²) in [6.45, 7) is 3.79. The van der Waals surface area contributed by atoms with E-state index in [9.17, 15) is 4.79 Å². The zero-order valence-corrected chi connectivity index (χ0v) is 15.1. The number of aromatic nitrogens is 2. The predicted octanol–water partition coefficient (Wildman–Crippen LogP) is 2.58. The molecule has 1 amide bonds. The van der Waals surface area contributed by atoms with E-state index in [2.05, 4.69) is 39.9 Å². The number of carbonyl (C=O) groups is 1. The van der Waals surface area contributed by atoms with Crippen LogP contribution >= 0.6 is 11.8 Å². The first kappa shape index (κ1) is 16.0. The van der Waals surface area contributed by atoms with Crippen LogP contribution in [0.25, 0.3) is 11.0 Å². The molecule has 0 radical (unpaired) electrons. The van der Waals surface area contributed by atoms with Gasteiger partial charge in [0, 0.05) is 30.6 Å². The Morgan fingerprint density at radius 1 is 1.33 bits per heavy atom. The lowest BCUT2D eigenvalue weighted by atomic mass is 9.95. The molecule has 1 atom stereocenters. The average molecular weight is 344 g/mol. The van der Waals surface area contributed by atoms with E-state index in [0.29, 0.717) is 11.8 Å². The number of para-hydroxylation sites is 1. The van der Waals surface area contributed by atoms with Crippen LogP contribution in [-0.2, 0) is 4.79 Å². The second kappa shape index (κ2) is 6.41. The number of nitrogens with one attached hydrogen (secondary N) is 1. The monoisotopic (exact) mass is 344 g/mol. The fraction of sp³-hybridized carbons (Fsp3) is 0.556. The summed E-state index contributed by atoms with van der Waals surface area (Å²) in [4.78, 5) is 25.2. The first-order valence-corrected chi connectivity index (χ1v) is 9.81. The molecule has 6 heteroatoms. The van der Waals surface area contributed by atoms with Gasteiger partial charge in [-0.3, -0.25) is 9.69 Å². The van der Waals surface area contributed by atoms with Crippen molar-refractivity contribution in [2.45, 2.75) is 31.7 Å². The van der Waals surface area contributed by atoms with E-state index in [1.807, 2.05) is 18.8 Å². The molecule has 128 valence electrons. The Morgan fingerprint density at radius 2 is 2.12 bits per heavy atom. The highest BCUT2D eigenvalue weighted by Crippen LogP contribution is 2.30. The highest BCUT2D eigenvalue weighted by molar-refractivity contribution is 7.99. The second-order valence-corrected chi connectivity index (χ2v) is 7.97. The van der Waals surface area contributed by atoms with Gasteiger partial charge in [0.25, 0.3) is 0 Å². The minimum Gasteiger partial charge on any atom is -0.342 e. The number of imidazole rings is 1. The van der Waals surface area contributed by atoms with Gasteiger partial charge in [-0.2, -0.15) is 0 Å². The third-order valence-corrected chi connectivity index (χ3v) is 6.46. The van der Waals surface area contributed by atoms with Crippen molar-refractivity contribution in [2.24, 2.45) is 0 Å². The molecule has 1 aromatic carbocycles. The zero-order valence-electron chi connectivity index (χ0n) is 14.3. The van der Waals surface area contributed by atoms with Gasteiger partial charge < -0.3 is 9.88 Å². The van der Waals surface area contributed by atoms with Crippen LogP contribution in [-0.4, -0.2) is 63.5 Å². The van der Waals surface area contributed by atoms with Crippen LogP contribution in [0.15, 0.2) is 18.2 Å². The minimum atomic E-state index is 0.0698. The molecule has 1 aromatic heterocycles. The van der Waals surface area contributed by atoms with Crippen LogP contribution in [0.3, 0.4) is 0 Å². The van der Waals surface area contributed by atoms with Crippen LogP contribution in [0.4, 0.5) is 0 Å². The maximum absolute atomic E-state index is 12.7. The summed E-state index contributed by atoms with van der Waals surface area (Å²) in [6, 6.07) is 6.33. The number of thioether (sulfide) groups is 1. The number of benzene rings is 1. The van der Waals surface area contributed by atoms with Crippen LogP contribution in [0, 0.1) is 6.92 Å². The number of hydrogen-bond acceptors (Lipinski definition) is 4. The van der Waals surface area contributed by atoms with Crippen molar-refractivity contribution in [2.75, 3.05) is 31.8 Å². The van der Waals surface area contributed by atoms with Gasteiger partial charge in [0.05, 0.1) is 17.1 Å². The average Bonchev–Trinajstić information content (AvgIpc) is 3.21. The summed E-state index contributed by atoms with van der Waals surface area (Å²) >= 11 is 1.85. The Balaban J connectivity index is 1.43. The quantitative estimate of drug-likeness (QED) is 0.910. The number of rotatable bonds is 2. The maximum Gasteiger partial charge on any atom is 0.240 e. The van der Waals surface area contributed by atoms with E-state index < -0.39 is 0 Å². The van der Waals surface area contributed by atoms with Crippen molar-refractivity contribution in [3.63, 3.8) is 0 Å². The highest BCUT2D eigenvalue weighted by Gasteiger charge is 2.34. The maximum atomic E-state index is 12.7. The zero-order chi connectivity index (χ0) is 16.7. The van der Waals surface area contributed by atoms with Gasteiger partial charge in [-0.1, -0.05) is 12.1 Å². The third-order valence-electron chi connectivity index (χ3n) is 5.31. The molecule has 0 saturated carbocycles. The largest absolute Gasteiger partial charge is 0.342 e.